The van der Waals surface area contributed by atoms with Crippen LogP contribution in [0.1, 0.15) is 20.3 Å². The van der Waals surface area contributed by atoms with Crippen molar-refractivity contribution in [2.45, 2.75) is 31.2 Å². The van der Waals surface area contributed by atoms with E-state index in [0.29, 0.717) is 12.5 Å². The van der Waals surface area contributed by atoms with Crippen LogP contribution in [0.4, 0.5) is 8.78 Å². The maximum Gasteiger partial charge on any atom is 0.245 e. The Morgan fingerprint density at radius 2 is 1.82 bits per heavy atom. The maximum absolute atomic E-state index is 13.7. The van der Waals surface area contributed by atoms with Crippen LogP contribution in [-0.4, -0.2) is 32.4 Å². The van der Waals surface area contributed by atoms with Gasteiger partial charge in [0.1, 0.15) is 16.5 Å². The van der Waals surface area contributed by atoms with Gasteiger partial charge in [-0.15, -0.1) is 12.4 Å². The van der Waals surface area contributed by atoms with Gasteiger partial charge in [-0.1, -0.05) is 13.8 Å². The standard InChI is InChI=1S/C13H19BrF2N2O2S.ClH/c1-8(2)12(17)4-5-18(3)21(19,20)13-6-9(14)10(15)7-11(13)16;/h6-8,12H,4-5,17H2,1-3H3;1H. The summed E-state index contributed by atoms with van der Waals surface area (Å²) in [6.45, 7) is 4.04. The molecule has 0 aliphatic rings. The van der Waals surface area contributed by atoms with Gasteiger partial charge in [0, 0.05) is 25.7 Å². The summed E-state index contributed by atoms with van der Waals surface area (Å²) in [4.78, 5) is -0.559. The molecule has 0 saturated heterocycles. The highest BCUT2D eigenvalue weighted by Gasteiger charge is 2.26. The second kappa shape index (κ2) is 8.54. The monoisotopic (exact) mass is 420 g/mol. The van der Waals surface area contributed by atoms with E-state index in [-0.39, 0.29) is 35.4 Å². The molecule has 0 aromatic heterocycles. The summed E-state index contributed by atoms with van der Waals surface area (Å²) in [6, 6.07) is 1.33. The number of hydrogen-bond acceptors (Lipinski definition) is 3. The number of nitrogens with zero attached hydrogens (tertiary/aromatic N) is 1. The first-order valence-electron chi connectivity index (χ1n) is 6.43. The molecule has 1 unspecified atom stereocenters. The molecule has 0 bridgehead atoms. The van der Waals surface area contributed by atoms with Crippen LogP contribution >= 0.6 is 28.3 Å². The SMILES string of the molecule is CC(C)C(N)CCN(C)S(=O)(=O)c1cc(Br)c(F)cc1F.Cl. The van der Waals surface area contributed by atoms with Crippen LogP contribution in [-0.2, 0) is 10.0 Å². The third kappa shape index (κ3) is 5.13. The average molecular weight is 422 g/mol. The molecule has 1 atom stereocenters. The summed E-state index contributed by atoms with van der Waals surface area (Å²) in [5.74, 6) is -1.75. The predicted octanol–water partition coefficient (Wildman–Crippen LogP) is 3.14. The van der Waals surface area contributed by atoms with Gasteiger partial charge >= 0.3 is 0 Å². The minimum absolute atomic E-state index is 0. The van der Waals surface area contributed by atoms with E-state index in [1.54, 1.807) is 0 Å². The van der Waals surface area contributed by atoms with Gasteiger partial charge in [0.25, 0.3) is 0 Å². The molecule has 9 heteroatoms. The number of halogens is 4. The number of nitrogens with two attached hydrogens (primary N) is 1. The maximum atomic E-state index is 13.7. The average Bonchev–Trinajstić information content (AvgIpc) is 2.39. The van der Waals surface area contributed by atoms with E-state index in [9.17, 15) is 17.2 Å². The van der Waals surface area contributed by atoms with Gasteiger partial charge in [0.2, 0.25) is 10.0 Å². The Kier molecular flexibility index (Phi) is 8.43. The lowest BCUT2D eigenvalue weighted by molar-refractivity contribution is 0.395. The van der Waals surface area contributed by atoms with Crippen molar-refractivity contribution in [3.8, 4) is 0 Å². The smallest absolute Gasteiger partial charge is 0.245 e. The molecule has 0 saturated carbocycles. The third-order valence-electron chi connectivity index (χ3n) is 3.30. The lowest BCUT2D eigenvalue weighted by Gasteiger charge is -2.21. The minimum atomic E-state index is -4.02. The molecule has 1 aromatic carbocycles. The third-order valence-corrected chi connectivity index (χ3v) is 5.78. The molecular weight excluding hydrogens is 402 g/mol. The van der Waals surface area contributed by atoms with Gasteiger partial charge in [-0.05, 0) is 34.3 Å². The summed E-state index contributed by atoms with van der Waals surface area (Å²) in [5, 5.41) is 0. The molecule has 128 valence electrons. The lowest BCUT2D eigenvalue weighted by atomic mass is 10.0. The summed E-state index contributed by atoms with van der Waals surface area (Å²) in [6.07, 6.45) is 0.456. The summed E-state index contributed by atoms with van der Waals surface area (Å²) >= 11 is 2.86. The van der Waals surface area contributed by atoms with Gasteiger partial charge < -0.3 is 5.73 Å². The molecule has 0 radical (unpaired) electrons. The molecule has 4 nitrogen and oxygen atoms in total. The Hall–Kier alpha value is -0.280. The van der Waals surface area contributed by atoms with Gasteiger partial charge in [-0.25, -0.2) is 21.5 Å². The number of benzene rings is 1. The molecule has 0 spiro atoms. The Morgan fingerprint density at radius 1 is 1.27 bits per heavy atom. The topological polar surface area (TPSA) is 63.4 Å². The van der Waals surface area contributed by atoms with E-state index in [2.05, 4.69) is 15.9 Å². The van der Waals surface area contributed by atoms with Crippen molar-refractivity contribution in [2.24, 2.45) is 11.7 Å². The fourth-order valence-electron chi connectivity index (χ4n) is 1.65. The van der Waals surface area contributed by atoms with E-state index in [0.717, 1.165) is 10.4 Å². The zero-order valence-corrected chi connectivity index (χ0v) is 15.7. The number of hydrogen-bond donors (Lipinski definition) is 1. The Bertz CT molecular complexity index is 614. The fourth-order valence-corrected chi connectivity index (χ4v) is 3.40. The minimum Gasteiger partial charge on any atom is -0.327 e. The zero-order valence-electron chi connectivity index (χ0n) is 12.5. The van der Waals surface area contributed by atoms with Gasteiger partial charge in [-0.3, -0.25) is 0 Å². The number of rotatable bonds is 6. The van der Waals surface area contributed by atoms with Crippen molar-refractivity contribution in [2.75, 3.05) is 13.6 Å². The van der Waals surface area contributed by atoms with E-state index in [1.807, 2.05) is 13.8 Å². The van der Waals surface area contributed by atoms with Crippen molar-refractivity contribution in [3.63, 3.8) is 0 Å². The molecule has 0 aliphatic carbocycles. The van der Waals surface area contributed by atoms with E-state index < -0.39 is 26.6 Å². The first-order chi connectivity index (χ1) is 9.57. The second-order valence-electron chi connectivity index (χ2n) is 5.22. The van der Waals surface area contributed by atoms with Crippen molar-refractivity contribution >= 4 is 38.4 Å². The summed E-state index contributed by atoms with van der Waals surface area (Å²) in [5.41, 5.74) is 5.87. The van der Waals surface area contributed by atoms with E-state index in [1.165, 1.54) is 7.05 Å². The molecule has 22 heavy (non-hydrogen) atoms. The zero-order chi connectivity index (χ0) is 16.4. The fraction of sp³-hybridized carbons (Fsp3) is 0.538. The van der Waals surface area contributed by atoms with Crippen molar-refractivity contribution in [1.82, 2.24) is 4.31 Å². The molecule has 2 N–H and O–H groups in total. The lowest BCUT2D eigenvalue weighted by Crippen LogP contribution is -2.35. The van der Waals surface area contributed by atoms with Gasteiger partial charge in [0.05, 0.1) is 4.47 Å². The van der Waals surface area contributed by atoms with Crippen LogP contribution < -0.4 is 5.73 Å². The van der Waals surface area contributed by atoms with Crippen LogP contribution in [0.25, 0.3) is 0 Å². The predicted molar refractivity (Wildman–Crippen MR) is 88.6 cm³/mol. The van der Waals surface area contributed by atoms with Crippen LogP contribution in [0.3, 0.4) is 0 Å². The summed E-state index contributed by atoms with van der Waals surface area (Å²) < 4.78 is 52.4. The van der Waals surface area contributed by atoms with Crippen molar-refractivity contribution in [1.29, 1.82) is 0 Å². The normalized spacial score (nSPS) is 13.3. The molecule has 0 heterocycles. The highest BCUT2D eigenvalue weighted by Crippen LogP contribution is 2.25. The molecule has 0 amide bonds. The Morgan fingerprint density at radius 3 is 2.32 bits per heavy atom. The van der Waals surface area contributed by atoms with Crippen LogP contribution in [0.15, 0.2) is 21.5 Å². The first kappa shape index (κ1) is 21.7. The van der Waals surface area contributed by atoms with E-state index in [4.69, 9.17) is 5.73 Å². The Labute approximate surface area is 144 Å². The number of sulfonamides is 1. The molecule has 0 fully saturated rings. The molecule has 1 aromatic rings. The first-order valence-corrected chi connectivity index (χ1v) is 8.67. The van der Waals surface area contributed by atoms with Crippen molar-refractivity contribution in [3.05, 3.63) is 28.2 Å². The van der Waals surface area contributed by atoms with E-state index >= 15 is 0 Å². The summed E-state index contributed by atoms with van der Waals surface area (Å²) in [7, 11) is -2.68. The van der Waals surface area contributed by atoms with Crippen LogP contribution in [0.5, 0.6) is 0 Å². The molecular formula is C13H20BrClF2N2O2S. The second-order valence-corrected chi connectivity index (χ2v) is 8.09. The van der Waals surface area contributed by atoms with Crippen LogP contribution in [0, 0.1) is 17.6 Å². The van der Waals surface area contributed by atoms with Crippen LogP contribution in [0.2, 0.25) is 0 Å². The van der Waals surface area contributed by atoms with Gasteiger partial charge in [-0.2, -0.15) is 0 Å². The largest absolute Gasteiger partial charge is 0.327 e. The van der Waals surface area contributed by atoms with Gasteiger partial charge in [0.15, 0.2) is 0 Å². The quantitative estimate of drug-likeness (QED) is 0.718. The molecule has 0 aliphatic heterocycles. The Balaban J connectivity index is 0.00000441. The van der Waals surface area contributed by atoms with Crippen molar-refractivity contribution < 1.29 is 17.2 Å². The highest BCUT2D eigenvalue weighted by molar-refractivity contribution is 9.10. The molecule has 1 rings (SSSR count). The highest BCUT2D eigenvalue weighted by atomic mass is 79.9.